The van der Waals surface area contributed by atoms with Gasteiger partial charge in [0.25, 0.3) is 0 Å². The van der Waals surface area contributed by atoms with Crippen molar-refractivity contribution in [1.29, 1.82) is 0 Å². The van der Waals surface area contributed by atoms with Gasteiger partial charge >= 0.3 is 39.5 Å². The first-order valence-electron chi connectivity index (χ1n) is 42.1. The van der Waals surface area contributed by atoms with Gasteiger partial charge in [-0.2, -0.15) is 0 Å². The molecule has 2 unspecified atom stereocenters. The lowest BCUT2D eigenvalue weighted by atomic mass is 10.0. The Hall–Kier alpha value is -1.94. The number of rotatable bonds is 81. The normalized spacial score (nSPS) is 13.8. The van der Waals surface area contributed by atoms with E-state index in [1.165, 1.54) is 257 Å². The average molecular weight is 1470 g/mol. The maximum Gasteiger partial charge on any atom is 0.472 e. The average Bonchev–Trinajstić information content (AvgIpc) is 0.973. The highest BCUT2D eigenvalue weighted by Crippen LogP contribution is 2.45. The second-order valence-corrected chi connectivity index (χ2v) is 32.5. The van der Waals surface area contributed by atoms with Gasteiger partial charge in [0.05, 0.1) is 26.4 Å². The SMILES string of the molecule is CCCCCCCCCCCCCCCCCCCCC(=O)OC[C@H](COP(=O)(O)OC[C@@H](O)COP(=O)(O)OC[C@@H](COC(=O)CCCCCCCCCCCC)OC(=O)CCCCCCCCCCCCCCC)OC(=O)CCCCCCCCCCCCCCCCCCC(C)C. The summed E-state index contributed by atoms with van der Waals surface area (Å²) in [6.45, 7) is 7.36. The van der Waals surface area contributed by atoms with Gasteiger partial charge in [0.2, 0.25) is 0 Å². The number of unbranched alkanes of at least 4 members (excludes halogenated alkanes) is 53. The van der Waals surface area contributed by atoms with Crippen LogP contribution in [-0.2, 0) is 65.4 Å². The summed E-state index contributed by atoms with van der Waals surface area (Å²) < 4.78 is 68.7. The lowest BCUT2D eigenvalue weighted by Gasteiger charge is -2.21. The lowest BCUT2D eigenvalue weighted by Crippen LogP contribution is -2.30. The summed E-state index contributed by atoms with van der Waals surface area (Å²) in [5.41, 5.74) is 0. The summed E-state index contributed by atoms with van der Waals surface area (Å²) in [6, 6.07) is 0. The number of hydrogen-bond donors (Lipinski definition) is 3. The van der Waals surface area contributed by atoms with E-state index in [9.17, 15) is 43.2 Å². The third kappa shape index (κ3) is 74.3. The zero-order chi connectivity index (χ0) is 73.4. The van der Waals surface area contributed by atoms with Gasteiger partial charge in [-0.15, -0.1) is 0 Å². The minimum atomic E-state index is -4.96. The quantitative estimate of drug-likeness (QED) is 0.0222. The Labute approximate surface area is 613 Å². The molecule has 0 aromatic rings. The molecule has 0 saturated heterocycles. The van der Waals surface area contributed by atoms with Crippen LogP contribution in [0.1, 0.15) is 433 Å². The van der Waals surface area contributed by atoms with E-state index in [4.69, 9.17) is 37.0 Å². The number of hydrogen-bond acceptors (Lipinski definition) is 15. The second-order valence-electron chi connectivity index (χ2n) is 29.6. The first-order chi connectivity index (χ1) is 48.5. The van der Waals surface area contributed by atoms with Crippen LogP contribution >= 0.6 is 15.6 Å². The molecular formula is C81H158O17P2. The van der Waals surface area contributed by atoms with Gasteiger partial charge in [0.15, 0.2) is 12.2 Å². The van der Waals surface area contributed by atoms with Crippen molar-refractivity contribution in [3.63, 3.8) is 0 Å². The molecule has 0 aromatic carbocycles. The number of aliphatic hydroxyl groups excluding tert-OH is 1. The molecule has 594 valence electrons. The molecule has 0 bridgehead atoms. The van der Waals surface area contributed by atoms with Crippen LogP contribution in [0, 0.1) is 5.92 Å². The van der Waals surface area contributed by atoms with Crippen LogP contribution in [0.3, 0.4) is 0 Å². The van der Waals surface area contributed by atoms with Crippen LogP contribution in [0.15, 0.2) is 0 Å². The van der Waals surface area contributed by atoms with Gasteiger partial charge in [-0.1, -0.05) is 381 Å². The maximum absolute atomic E-state index is 13.1. The molecule has 0 heterocycles. The number of phosphoric acid groups is 2. The highest BCUT2D eigenvalue weighted by atomic mass is 31.2. The van der Waals surface area contributed by atoms with Crippen molar-refractivity contribution in [2.75, 3.05) is 39.6 Å². The summed E-state index contributed by atoms with van der Waals surface area (Å²) in [5.74, 6) is -1.30. The van der Waals surface area contributed by atoms with Gasteiger partial charge in [-0.05, 0) is 31.6 Å². The fraction of sp³-hybridized carbons (Fsp3) is 0.951. The fourth-order valence-electron chi connectivity index (χ4n) is 12.6. The molecule has 0 spiro atoms. The standard InChI is InChI=1S/C81H158O17P2/c1-6-9-12-15-18-21-24-26-27-28-29-33-37-40-45-50-55-60-65-79(84)92-71-77(98-81(86)67-62-57-52-47-42-38-34-31-30-32-36-39-43-48-53-58-63-74(4)5)73-96-100(89,90)94-69-75(82)68-93-99(87,88)95-72-76(70-91-78(83)64-59-54-49-44-23-20-17-14-11-8-3)97-80(85)66-61-56-51-46-41-35-25-22-19-16-13-10-7-2/h74-77,82H,6-73H2,1-5H3,(H,87,88)(H,89,90)/t75-,76+,77+/m0/s1. The Kier molecular flexibility index (Phi) is 72.5. The molecule has 5 atom stereocenters. The van der Waals surface area contributed by atoms with Crippen molar-refractivity contribution in [2.24, 2.45) is 5.92 Å². The van der Waals surface area contributed by atoms with Gasteiger partial charge in [-0.25, -0.2) is 9.13 Å². The molecule has 3 N–H and O–H groups in total. The Bertz CT molecular complexity index is 1910. The largest absolute Gasteiger partial charge is 0.472 e. The number of phosphoric ester groups is 2. The van der Waals surface area contributed by atoms with E-state index in [2.05, 4.69) is 34.6 Å². The molecule has 100 heavy (non-hydrogen) atoms. The summed E-state index contributed by atoms with van der Waals surface area (Å²) in [6.07, 6.45) is 65.1. The molecule has 0 aliphatic heterocycles. The van der Waals surface area contributed by atoms with Gasteiger partial charge < -0.3 is 33.8 Å². The highest BCUT2D eigenvalue weighted by molar-refractivity contribution is 7.47. The van der Waals surface area contributed by atoms with Crippen molar-refractivity contribution in [3.8, 4) is 0 Å². The molecule has 0 fully saturated rings. The topological polar surface area (TPSA) is 237 Å². The van der Waals surface area contributed by atoms with E-state index in [-0.39, 0.29) is 25.7 Å². The van der Waals surface area contributed by atoms with Crippen molar-refractivity contribution < 1.29 is 80.2 Å². The summed E-state index contributed by atoms with van der Waals surface area (Å²) in [5, 5.41) is 10.6. The Morgan fingerprint density at radius 1 is 0.270 bits per heavy atom. The van der Waals surface area contributed by atoms with Gasteiger partial charge in [0.1, 0.15) is 19.3 Å². The number of ether oxygens (including phenoxy) is 4. The number of aliphatic hydroxyl groups is 1. The van der Waals surface area contributed by atoms with Crippen molar-refractivity contribution in [2.45, 2.75) is 451 Å². The summed E-state index contributed by atoms with van der Waals surface area (Å²) in [7, 11) is -9.92. The van der Waals surface area contributed by atoms with E-state index >= 15 is 0 Å². The highest BCUT2D eigenvalue weighted by Gasteiger charge is 2.30. The van der Waals surface area contributed by atoms with E-state index < -0.39 is 97.5 Å². The third-order valence-electron chi connectivity index (χ3n) is 19.0. The molecule has 0 amide bonds. The minimum Gasteiger partial charge on any atom is -0.462 e. The predicted octanol–water partition coefficient (Wildman–Crippen LogP) is 24.4. The number of esters is 4. The minimum absolute atomic E-state index is 0.108. The zero-order valence-corrected chi connectivity index (χ0v) is 67.1. The number of carbonyl (C=O) groups is 4. The van der Waals surface area contributed by atoms with E-state index in [1.807, 2.05) is 0 Å². The molecular weight excluding hydrogens is 1310 g/mol. The van der Waals surface area contributed by atoms with Crippen LogP contribution in [0.5, 0.6) is 0 Å². The molecule has 0 saturated carbocycles. The summed E-state index contributed by atoms with van der Waals surface area (Å²) >= 11 is 0. The molecule has 17 nitrogen and oxygen atoms in total. The van der Waals surface area contributed by atoms with E-state index in [0.29, 0.717) is 25.7 Å². The van der Waals surface area contributed by atoms with Crippen molar-refractivity contribution >= 4 is 39.5 Å². The third-order valence-corrected chi connectivity index (χ3v) is 20.9. The maximum atomic E-state index is 13.1. The Balaban J connectivity index is 5.22. The molecule has 0 aliphatic carbocycles. The zero-order valence-electron chi connectivity index (χ0n) is 65.3. The summed E-state index contributed by atoms with van der Waals surface area (Å²) in [4.78, 5) is 73.0. The molecule has 0 rings (SSSR count). The van der Waals surface area contributed by atoms with Crippen molar-refractivity contribution in [1.82, 2.24) is 0 Å². The predicted molar refractivity (Wildman–Crippen MR) is 409 cm³/mol. The monoisotopic (exact) mass is 1470 g/mol. The molecule has 0 radical (unpaired) electrons. The Morgan fingerprint density at radius 2 is 0.460 bits per heavy atom. The van der Waals surface area contributed by atoms with E-state index in [1.54, 1.807) is 0 Å². The smallest absolute Gasteiger partial charge is 0.462 e. The van der Waals surface area contributed by atoms with E-state index in [0.717, 1.165) is 95.8 Å². The molecule has 19 heteroatoms. The number of carbonyl (C=O) groups excluding carboxylic acids is 4. The Morgan fingerprint density at radius 3 is 0.680 bits per heavy atom. The van der Waals surface area contributed by atoms with Crippen molar-refractivity contribution in [3.05, 3.63) is 0 Å². The second kappa shape index (κ2) is 73.9. The van der Waals surface area contributed by atoms with Crippen LogP contribution in [0.4, 0.5) is 0 Å². The van der Waals surface area contributed by atoms with Crippen LogP contribution < -0.4 is 0 Å². The first kappa shape index (κ1) is 98.1. The lowest BCUT2D eigenvalue weighted by molar-refractivity contribution is -0.161. The first-order valence-corrected chi connectivity index (χ1v) is 45.1. The van der Waals surface area contributed by atoms with Crippen LogP contribution in [0.25, 0.3) is 0 Å². The van der Waals surface area contributed by atoms with Crippen LogP contribution in [-0.4, -0.2) is 96.7 Å². The molecule has 0 aromatic heterocycles. The van der Waals surface area contributed by atoms with Gasteiger partial charge in [0, 0.05) is 25.7 Å². The fourth-order valence-corrected chi connectivity index (χ4v) is 14.2. The van der Waals surface area contributed by atoms with Crippen LogP contribution in [0.2, 0.25) is 0 Å². The van der Waals surface area contributed by atoms with Gasteiger partial charge in [-0.3, -0.25) is 37.3 Å². The molecule has 0 aliphatic rings.